The Labute approximate surface area is 124 Å². The fraction of sp³-hybridized carbons (Fsp3) is 0.438. The molecule has 0 spiro atoms. The fourth-order valence-corrected chi connectivity index (χ4v) is 3.16. The van der Waals surface area contributed by atoms with Crippen LogP contribution in [0.4, 0.5) is 0 Å². The van der Waals surface area contributed by atoms with E-state index in [1.165, 1.54) is 6.42 Å². The molecule has 0 bridgehead atoms. The minimum atomic E-state index is -0.299. The van der Waals surface area contributed by atoms with Crippen LogP contribution >= 0.6 is 0 Å². The molecule has 1 amide bonds. The lowest BCUT2D eigenvalue weighted by Crippen LogP contribution is -2.38. The van der Waals surface area contributed by atoms with Crippen molar-refractivity contribution in [2.45, 2.75) is 38.8 Å². The topological polar surface area (TPSA) is 71.5 Å². The van der Waals surface area contributed by atoms with Crippen LogP contribution in [0.3, 0.4) is 0 Å². The number of hydrogen-bond acceptors (Lipinski definition) is 4. The summed E-state index contributed by atoms with van der Waals surface area (Å²) in [5.74, 6) is 5.72. The van der Waals surface area contributed by atoms with E-state index in [2.05, 4.69) is 24.2 Å². The maximum atomic E-state index is 12.1. The second kappa shape index (κ2) is 5.16. The molecule has 0 saturated carbocycles. The van der Waals surface area contributed by atoms with Gasteiger partial charge in [-0.05, 0) is 39.3 Å². The van der Waals surface area contributed by atoms with Gasteiger partial charge in [0.05, 0.1) is 12.1 Å². The van der Waals surface area contributed by atoms with Gasteiger partial charge in [0, 0.05) is 10.9 Å². The van der Waals surface area contributed by atoms with Crippen LogP contribution in [-0.2, 0) is 6.54 Å². The smallest absolute Gasteiger partial charge is 0.269 e. The quantitative estimate of drug-likeness (QED) is 0.516. The van der Waals surface area contributed by atoms with Gasteiger partial charge < -0.3 is 4.42 Å². The van der Waals surface area contributed by atoms with Crippen LogP contribution in [0.5, 0.6) is 0 Å². The van der Waals surface area contributed by atoms with E-state index in [1.807, 2.05) is 24.3 Å². The Morgan fingerprint density at radius 2 is 2.19 bits per heavy atom. The normalized spacial score (nSPS) is 18.2. The predicted octanol–water partition coefficient (Wildman–Crippen LogP) is 2.41. The lowest BCUT2D eigenvalue weighted by atomic mass is 10.0. The third kappa shape index (κ3) is 2.43. The van der Waals surface area contributed by atoms with Crippen molar-refractivity contribution in [1.29, 1.82) is 0 Å². The van der Waals surface area contributed by atoms with Crippen LogP contribution in [0.25, 0.3) is 11.0 Å². The number of nitrogens with one attached hydrogen (secondary N) is 1. The van der Waals surface area contributed by atoms with Crippen molar-refractivity contribution in [2.75, 3.05) is 6.54 Å². The number of carbonyl (C=O) groups excluding carboxylic acids is 1. The molecule has 1 fully saturated rings. The van der Waals surface area contributed by atoms with Gasteiger partial charge in [0.25, 0.3) is 5.91 Å². The highest BCUT2D eigenvalue weighted by atomic mass is 16.3. The number of carbonyl (C=O) groups is 1. The van der Waals surface area contributed by atoms with Crippen LogP contribution in [0, 0.1) is 0 Å². The van der Waals surface area contributed by atoms with Crippen molar-refractivity contribution >= 4 is 16.9 Å². The van der Waals surface area contributed by atoms with Gasteiger partial charge in [-0.1, -0.05) is 18.2 Å². The second-order valence-corrected chi connectivity index (χ2v) is 6.21. The summed E-state index contributed by atoms with van der Waals surface area (Å²) in [5.41, 5.74) is 3.64. The summed E-state index contributed by atoms with van der Waals surface area (Å²) in [5, 5.41) is 0.812. The van der Waals surface area contributed by atoms with Gasteiger partial charge in [-0.3, -0.25) is 15.1 Å². The molecule has 1 aliphatic heterocycles. The third-order valence-electron chi connectivity index (χ3n) is 4.43. The number of amides is 1. The maximum Gasteiger partial charge on any atom is 0.269 e. The molecule has 0 radical (unpaired) electrons. The lowest BCUT2D eigenvalue weighted by molar-refractivity contribution is 0.0948. The second-order valence-electron chi connectivity index (χ2n) is 6.21. The highest BCUT2D eigenvalue weighted by molar-refractivity contribution is 6.07. The van der Waals surface area contributed by atoms with Crippen molar-refractivity contribution in [2.24, 2.45) is 5.84 Å². The van der Waals surface area contributed by atoms with Crippen LogP contribution < -0.4 is 11.3 Å². The number of rotatable bonds is 3. The Kier molecular flexibility index (Phi) is 3.47. The molecule has 2 aromatic rings. The van der Waals surface area contributed by atoms with E-state index in [1.54, 1.807) is 0 Å². The van der Waals surface area contributed by atoms with Crippen molar-refractivity contribution in [3.8, 4) is 0 Å². The molecule has 3 N–H and O–H groups in total. The van der Waals surface area contributed by atoms with Gasteiger partial charge in [-0.2, -0.15) is 0 Å². The van der Waals surface area contributed by atoms with E-state index in [4.69, 9.17) is 10.3 Å². The van der Waals surface area contributed by atoms with Gasteiger partial charge in [-0.15, -0.1) is 0 Å². The molecule has 5 nitrogen and oxygen atoms in total. The number of hydrazine groups is 1. The monoisotopic (exact) mass is 287 g/mol. The first-order valence-electron chi connectivity index (χ1n) is 7.29. The zero-order valence-electron chi connectivity index (χ0n) is 12.5. The number of likely N-dealkylation sites (tertiary alicyclic amines) is 1. The van der Waals surface area contributed by atoms with Crippen molar-refractivity contribution in [3.05, 3.63) is 35.6 Å². The minimum Gasteiger partial charge on any atom is -0.459 e. The highest BCUT2D eigenvalue weighted by Gasteiger charge is 2.33. The van der Waals surface area contributed by atoms with Crippen LogP contribution in [0.2, 0.25) is 0 Å². The van der Waals surface area contributed by atoms with Gasteiger partial charge in [0.2, 0.25) is 0 Å². The fourth-order valence-electron chi connectivity index (χ4n) is 3.16. The molecule has 5 heteroatoms. The molecule has 0 atom stereocenters. The largest absolute Gasteiger partial charge is 0.459 e. The summed E-state index contributed by atoms with van der Waals surface area (Å²) in [6.45, 7) is 6.11. The summed E-state index contributed by atoms with van der Waals surface area (Å²) in [6.07, 6.45) is 2.33. The Morgan fingerprint density at radius 3 is 2.86 bits per heavy atom. The summed E-state index contributed by atoms with van der Waals surface area (Å²) in [4.78, 5) is 14.5. The molecule has 112 valence electrons. The minimum absolute atomic E-state index is 0.134. The SMILES string of the molecule is CC1(C)CCCN1Cc1oc2ccccc2c1C(=O)NN. The van der Waals surface area contributed by atoms with E-state index in [-0.39, 0.29) is 11.4 Å². The maximum absolute atomic E-state index is 12.1. The Hall–Kier alpha value is -1.85. The predicted molar refractivity (Wildman–Crippen MR) is 81.6 cm³/mol. The van der Waals surface area contributed by atoms with E-state index < -0.39 is 0 Å². The zero-order valence-corrected chi connectivity index (χ0v) is 12.5. The third-order valence-corrected chi connectivity index (χ3v) is 4.43. The first kappa shape index (κ1) is 14.1. The first-order valence-corrected chi connectivity index (χ1v) is 7.29. The molecule has 0 aliphatic carbocycles. The van der Waals surface area contributed by atoms with Gasteiger partial charge >= 0.3 is 0 Å². The van der Waals surface area contributed by atoms with E-state index >= 15 is 0 Å². The number of benzene rings is 1. The van der Waals surface area contributed by atoms with Crippen LogP contribution in [-0.4, -0.2) is 22.9 Å². The summed E-state index contributed by atoms with van der Waals surface area (Å²) < 4.78 is 5.92. The molecular weight excluding hydrogens is 266 g/mol. The molecule has 1 saturated heterocycles. The van der Waals surface area contributed by atoms with Crippen LogP contribution in [0.1, 0.15) is 42.8 Å². The molecule has 21 heavy (non-hydrogen) atoms. The number of nitrogen functional groups attached to an aromatic ring is 1. The summed E-state index contributed by atoms with van der Waals surface area (Å²) in [6, 6.07) is 7.57. The number of furan rings is 1. The molecule has 1 aliphatic rings. The number of para-hydroxylation sites is 1. The van der Waals surface area contributed by atoms with Gasteiger partial charge in [0.15, 0.2) is 0 Å². The Bertz CT molecular complexity index is 675. The number of nitrogens with zero attached hydrogens (tertiary/aromatic N) is 1. The summed E-state index contributed by atoms with van der Waals surface area (Å²) in [7, 11) is 0. The number of fused-ring (bicyclic) bond motifs is 1. The van der Waals surface area contributed by atoms with E-state index in [0.717, 1.165) is 23.9 Å². The van der Waals surface area contributed by atoms with E-state index in [0.29, 0.717) is 17.9 Å². The molecule has 1 aromatic heterocycles. The van der Waals surface area contributed by atoms with Crippen molar-refractivity contribution < 1.29 is 9.21 Å². The zero-order chi connectivity index (χ0) is 15.0. The Morgan fingerprint density at radius 1 is 1.43 bits per heavy atom. The van der Waals surface area contributed by atoms with Crippen LogP contribution in [0.15, 0.2) is 28.7 Å². The molecule has 0 unspecified atom stereocenters. The number of hydrogen-bond donors (Lipinski definition) is 2. The Balaban J connectivity index is 2.03. The summed E-state index contributed by atoms with van der Waals surface area (Å²) >= 11 is 0. The lowest BCUT2D eigenvalue weighted by Gasteiger charge is -2.30. The molecular formula is C16H21N3O2. The van der Waals surface area contributed by atoms with Gasteiger partial charge in [0.1, 0.15) is 11.3 Å². The average Bonchev–Trinajstić information content (AvgIpc) is 2.98. The van der Waals surface area contributed by atoms with Crippen molar-refractivity contribution in [1.82, 2.24) is 10.3 Å². The standard InChI is InChI=1S/C16H21N3O2/c1-16(2)8-5-9-19(16)10-13-14(15(20)18-17)11-6-3-4-7-12(11)21-13/h3-4,6-7H,5,8-10,17H2,1-2H3,(H,18,20). The average molecular weight is 287 g/mol. The molecule has 3 rings (SSSR count). The van der Waals surface area contributed by atoms with E-state index in [9.17, 15) is 4.79 Å². The van der Waals surface area contributed by atoms with Gasteiger partial charge in [-0.25, -0.2) is 5.84 Å². The number of nitrogens with two attached hydrogens (primary N) is 1. The molecule has 2 heterocycles. The van der Waals surface area contributed by atoms with Crippen molar-refractivity contribution in [3.63, 3.8) is 0 Å². The highest BCUT2D eigenvalue weighted by Crippen LogP contribution is 2.33. The first-order chi connectivity index (χ1) is 10.0. The molecule has 1 aromatic carbocycles.